The van der Waals surface area contributed by atoms with Crippen LogP contribution in [0.4, 0.5) is 11.5 Å². The third-order valence-corrected chi connectivity index (χ3v) is 7.73. The van der Waals surface area contributed by atoms with E-state index in [-0.39, 0.29) is 5.91 Å². The first-order valence-corrected chi connectivity index (χ1v) is 12.8. The van der Waals surface area contributed by atoms with Gasteiger partial charge in [-0.3, -0.25) is 14.5 Å². The van der Waals surface area contributed by atoms with Crippen LogP contribution in [-0.4, -0.2) is 51.9 Å². The van der Waals surface area contributed by atoms with Crippen molar-refractivity contribution in [3.05, 3.63) is 59.0 Å². The molecule has 184 valence electrons. The van der Waals surface area contributed by atoms with Gasteiger partial charge in [0.25, 0.3) is 0 Å². The SMILES string of the molecule is CC(=O)N1CCc2c(c(N3CCCc4cc(-c5cccnc5)c(C#N)cc43)nn2C2CCOCC2)C1. The topological polar surface area (TPSA) is 87.3 Å². The molecule has 6 rings (SSSR count). The minimum atomic E-state index is 0.0948. The van der Waals surface area contributed by atoms with Gasteiger partial charge in [-0.15, -0.1) is 0 Å². The number of aromatic nitrogens is 3. The monoisotopic (exact) mass is 482 g/mol. The van der Waals surface area contributed by atoms with E-state index in [2.05, 4.69) is 26.7 Å². The predicted molar refractivity (Wildman–Crippen MR) is 136 cm³/mol. The number of carbonyl (C=O) groups is 1. The van der Waals surface area contributed by atoms with Crippen LogP contribution in [0.25, 0.3) is 11.1 Å². The fraction of sp³-hybridized carbons (Fsp3) is 0.429. The quantitative estimate of drug-likeness (QED) is 0.557. The molecule has 0 unspecified atom stereocenters. The molecule has 3 aromatic rings. The van der Waals surface area contributed by atoms with Crippen molar-refractivity contribution in [3.63, 3.8) is 0 Å². The van der Waals surface area contributed by atoms with E-state index in [4.69, 9.17) is 9.84 Å². The summed E-state index contributed by atoms with van der Waals surface area (Å²) < 4.78 is 7.85. The molecule has 0 atom stereocenters. The number of fused-ring (bicyclic) bond motifs is 2. The second-order valence-corrected chi connectivity index (χ2v) is 9.86. The summed E-state index contributed by atoms with van der Waals surface area (Å²) in [4.78, 5) is 20.7. The highest BCUT2D eigenvalue weighted by molar-refractivity contribution is 5.79. The molecule has 3 aliphatic heterocycles. The van der Waals surface area contributed by atoms with Crippen LogP contribution in [0.1, 0.15) is 54.6 Å². The summed E-state index contributed by atoms with van der Waals surface area (Å²) in [6.07, 6.45) is 8.22. The zero-order valence-electron chi connectivity index (χ0n) is 20.6. The molecule has 36 heavy (non-hydrogen) atoms. The van der Waals surface area contributed by atoms with Gasteiger partial charge in [0, 0.05) is 80.1 Å². The lowest BCUT2D eigenvalue weighted by Crippen LogP contribution is -2.36. The maximum Gasteiger partial charge on any atom is 0.219 e. The summed E-state index contributed by atoms with van der Waals surface area (Å²) in [7, 11) is 0. The summed E-state index contributed by atoms with van der Waals surface area (Å²) in [5, 5.41) is 15.3. The fourth-order valence-corrected chi connectivity index (χ4v) is 5.85. The van der Waals surface area contributed by atoms with E-state index in [1.165, 1.54) is 11.3 Å². The highest BCUT2D eigenvalue weighted by Crippen LogP contribution is 2.41. The summed E-state index contributed by atoms with van der Waals surface area (Å²) in [6, 6.07) is 10.8. The number of nitrogens with zero attached hydrogens (tertiary/aromatic N) is 6. The van der Waals surface area contributed by atoms with Crippen LogP contribution in [0.15, 0.2) is 36.7 Å². The van der Waals surface area contributed by atoms with Crippen molar-refractivity contribution < 1.29 is 9.53 Å². The molecule has 0 radical (unpaired) electrons. The summed E-state index contributed by atoms with van der Waals surface area (Å²) in [6.45, 7) is 5.28. The zero-order valence-corrected chi connectivity index (χ0v) is 20.6. The van der Waals surface area contributed by atoms with Gasteiger partial charge in [0.15, 0.2) is 5.82 Å². The van der Waals surface area contributed by atoms with Crippen LogP contribution in [0, 0.1) is 11.3 Å². The Balaban J connectivity index is 1.46. The molecule has 1 amide bonds. The minimum absolute atomic E-state index is 0.0948. The van der Waals surface area contributed by atoms with Crippen molar-refractivity contribution in [1.29, 1.82) is 5.26 Å². The number of benzene rings is 1. The lowest BCUT2D eigenvalue weighted by atomic mass is 9.92. The van der Waals surface area contributed by atoms with Crippen molar-refractivity contribution in [3.8, 4) is 17.2 Å². The van der Waals surface area contributed by atoms with Gasteiger partial charge in [-0.1, -0.05) is 6.07 Å². The average Bonchev–Trinajstić information content (AvgIpc) is 3.31. The first-order valence-electron chi connectivity index (χ1n) is 12.8. The van der Waals surface area contributed by atoms with Crippen LogP contribution in [0.5, 0.6) is 0 Å². The van der Waals surface area contributed by atoms with E-state index >= 15 is 0 Å². The molecular formula is C28H30N6O2. The third-order valence-electron chi connectivity index (χ3n) is 7.73. The van der Waals surface area contributed by atoms with Crippen LogP contribution in [0.3, 0.4) is 0 Å². The lowest BCUT2D eigenvalue weighted by molar-refractivity contribution is -0.129. The Morgan fingerprint density at radius 2 is 2.06 bits per heavy atom. The number of ether oxygens (including phenoxy) is 1. The van der Waals surface area contributed by atoms with Crippen LogP contribution in [-0.2, 0) is 28.9 Å². The number of rotatable bonds is 3. The van der Waals surface area contributed by atoms with Gasteiger partial charge in [0.05, 0.1) is 24.2 Å². The molecule has 1 saturated heterocycles. The highest BCUT2D eigenvalue weighted by Gasteiger charge is 2.33. The second kappa shape index (κ2) is 9.40. The number of amides is 1. The fourth-order valence-electron chi connectivity index (χ4n) is 5.85. The first kappa shape index (κ1) is 22.7. The van der Waals surface area contributed by atoms with E-state index in [1.54, 1.807) is 13.1 Å². The first-order chi connectivity index (χ1) is 17.6. The van der Waals surface area contributed by atoms with E-state index in [1.807, 2.05) is 29.3 Å². The van der Waals surface area contributed by atoms with Gasteiger partial charge in [-0.2, -0.15) is 10.4 Å². The number of anilines is 2. The van der Waals surface area contributed by atoms with Crippen LogP contribution >= 0.6 is 0 Å². The predicted octanol–water partition coefficient (Wildman–Crippen LogP) is 4.16. The number of hydrogen-bond donors (Lipinski definition) is 0. The third kappa shape index (κ3) is 3.94. The van der Waals surface area contributed by atoms with Gasteiger partial charge in [-0.05, 0) is 49.4 Å². The lowest BCUT2D eigenvalue weighted by Gasteiger charge is -2.33. The largest absolute Gasteiger partial charge is 0.381 e. The van der Waals surface area contributed by atoms with Crippen molar-refractivity contribution in [2.24, 2.45) is 0 Å². The average molecular weight is 483 g/mol. The Morgan fingerprint density at radius 1 is 1.19 bits per heavy atom. The normalized spacial score (nSPS) is 17.9. The number of aryl methyl sites for hydroxylation is 1. The van der Waals surface area contributed by atoms with E-state index in [9.17, 15) is 10.1 Å². The second-order valence-electron chi connectivity index (χ2n) is 9.86. The Hall–Kier alpha value is -3.70. The maximum absolute atomic E-state index is 12.3. The molecule has 0 aliphatic carbocycles. The maximum atomic E-state index is 12.3. The number of carbonyl (C=O) groups excluding carboxylic acids is 1. The van der Waals surface area contributed by atoms with E-state index in [0.29, 0.717) is 18.2 Å². The van der Waals surface area contributed by atoms with Gasteiger partial charge in [0.1, 0.15) is 0 Å². The number of pyridine rings is 1. The molecule has 5 heterocycles. The van der Waals surface area contributed by atoms with E-state index < -0.39 is 0 Å². The molecule has 8 heteroatoms. The van der Waals surface area contributed by atoms with Crippen LogP contribution in [0.2, 0.25) is 0 Å². The molecule has 0 N–H and O–H groups in total. The Labute approximate surface area is 211 Å². The molecule has 0 saturated carbocycles. The number of nitriles is 1. The Kier molecular flexibility index (Phi) is 5.94. The van der Waals surface area contributed by atoms with E-state index in [0.717, 1.165) is 86.6 Å². The smallest absolute Gasteiger partial charge is 0.219 e. The van der Waals surface area contributed by atoms with Crippen molar-refractivity contribution in [2.75, 3.05) is 31.2 Å². The molecule has 8 nitrogen and oxygen atoms in total. The summed E-state index contributed by atoms with van der Waals surface area (Å²) in [5.74, 6) is 1.03. The minimum Gasteiger partial charge on any atom is -0.381 e. The number of hydrogen-bond acceptors (Lipinski definition) is 6. The highest BCUT2D eigenvalue weighted by atomic mass is 16.5. The van der Waals surface area contributed by atoms with Gasteiger partial charge in [-0.25, -0.2) is 0 Å². The molecule has 2 aromatic heterocycles. The molecule has 1 aromatic carbocycles. The molecule has 3 aliphatic rings. The van der Waals surface area contributed by atoms with Gasteiger partial charge >= 0.3 is 0 Å². The Morgan fingerprint density at radius 3 is 2.81 bits per heavy atom. The van der Waals surface area contributed by atoms with Gasteiger partial charge < -0.3 is 14.5 Å². The Bertz CT molecular complexity index is 1340. The zero-order chi connectivity index (χ0) is 24.6. The van der Waals surface area contributed by atoms with Crippen molar-refractivity contribution >= 4 is 17.4 Å². The van der Waals surface area contributed by atoms with Crippen molar-refractivity contribution in [2.45, 2.75) is 51.6 Å². The van der Waals surface area contributed by atoms with Crippen molar-refractivity contribution in [1.82, 2.24) is 19.7 Å². The molecular weight excluding hydrogens is 452 g/mol. The molecule has 1 fully saturated rings. The molecule has 0 spiro atoms. The molecule has 0 bridgehead atoms. The van der Waals surface area contributed by atoms with Gasteiger partial charge in [0.2, 0.25) is 5.91 Å². The summed E-state index contributed by atoms with van der Waals surface area (Å²) >= 11 is 0. The standard InChI is InChI=1S/C28H30N6O2/c1-19(35)32-11-6-26-25(18-32)28(31-34(26)23-7-12-36-13-8-23)33-10-3-5-20-14-24(21-4-2-9-30-17-21)22(16-29)15-27(20)33/h2,4,9,14-15,17,23H,3,5-8,10-13,18H2,1H3. The summed E-state index contributed by atoms with van der Waals surface area (Å²) in [5.41, 5.74) is 7.16. The van der Waals surface area contributed by atoms with Crippen LogP contribution < -0.4 is 4.90 Å².